The number of carbonyl (C=O) groups is 2. The zero-order chi connectivity index (χ0) is 17.7. The SMILES string of the molecule is CCc1cc(=O)[nH]c(SC(C)C(=O)Nc2ccc(C(C)=O)cc2)n1. The van der Waals surface area contributed by atoms with Crippen molar-refractivity contribution in [1.29, 1.82) is 0 Å². The molecule has 1 amide bonds. The Morgan fingerprint density at radius 3 is 2.54 bits per heavy atom. The number of hydrogen-bond acceptors (Lipinski definition) is 5. The molecule has 0 radical (unpaired) electrons. The van der Waals surface area contributed by atoms with Crippen LogP contribution in [0, 0.1) is 0 Å². The van der Waals surface area contributed by atoms with Crippen molar-refractivity contribution in [1.82, 2.24) is 9.97 Å². The lowest BCUT2D eigenvalue weighted by Crippen LogP contribution is -2.23. The molecule has 0 bridgehead atoms. The average Bonchev–Trinajstić information content (AvgIpc) is 2.54. The number of nitrogens with one attached hydrogen (secondary N) is 2. The summed E-state index contributed by atoms with van der Waals surface area (Å²) in [6.07, 6.45) is 0.653. The minimum atomic E-state index is -0.437. The van der Waals surface area contributed by atoms with Gasteiger partial charge in [0.2, 0.25) is 5.91 Å². The summed E-state index contributed by atoms with van der Waals surface area (Å²) in [5.74, 6) is -0.234. The van der Waals surface area contributed by atoms with E-state index in [0.717, 1.165) is 0 Å². The van der Waals surface area contributed by atoms with Gasteiger partial charge in [0.25, 0.3) is 5.56 Å². The number of aromatic amines is 1. The molecular formula is C17H19N3O3S. The van der Waals surface area contributed by atoms with Crippen LogP contribution >= 0.6 is 11.8 Å². The summed E-state index contributed by atoms with van der Waals surface area (Å²) >= 11 is 1.19. The van der Waals surface area contributed by atoms with E-state index < -0.39 is 5.25 Å². The predicted octanol–water partition coefficient (Wildman–Crippen LogP) is 2.65. The van der Waals surface area contributed by atoms with Crippen LogP contribution in [0.4, 0.5) is 5.69 Å². The maximum absolute atomic E-state index is 12.3. The summed E-state index contributed by atoms with van der Waals surface area (Å²) in [4.78, 5) is 42.0. The van der Waals surface area contributed by atoms with Crippen molar-refractivity contribution in [3.63, 3.8) is 0 Å². The number of hydrogen-bond donors (Lipinski definition) is 2. The summed E-state index contributed by atoms with van der Waals surface area (Å²) in [5, 5.41) is 2.77. The first-order valence-electron chi connectivity index (χ1n) is 7.57. The van der Waals surface area contributed by atoms with Gasteiger partial charge >= 0.3 is 0 Å². The lowest BCUT2D eigenvalue weighted by molar-refractivity contribution is -0.115. The van der Waals surface area contributed by atoms with Gasteiger partial charge in [0, 0.05) is 23.0 Å². The van der Waals surface area contributed by atoms with Crippen LogP contribution in [-0.2, 0) is 11.2 Å². The minimum Gasteiger partial charge on any atom is -0.325 e. The van der Waals surface area contributed by atoms with Crippen molar-refractivity contribution in [2.24, 2.45) is 0 Å². The fraction of sp³-hybridized carbons (Fsp3) is 0.294. The lowest BCUT2D eigenvalue weighted by Gasteiger charge is -2.12. The van der Waals surface area contributed by atoms with Crippen LogP contribution in [0.25, 0.3) is 0 Å². The smallest absolute Gasteiger partial charge is 0.251 e. The molecule has 2 aromatic rings. The molecular weight excluding hydrogens is 326 g/mol. The van der Waals surface area contributed by atoms with Crippen molar-refractivity contribution in [3.05, 3.63) is 51.9 Å². The second-order valence-electron chi connectivity index (χ2n) is 5.28. The molecule has 2 rings (SSSR count). The van der Waals surface area contributed by atoms with Gasteiger partial charge in [-0.1, -0.05) is 18.7 Å². The van der Waals surface area contributed by atoms with E-state index >= 15 is 0 Å². The van der Waals surface area contributed by atoms with Gasteiger partial charge in [0.15, 0.2) is 10.9 Å². The number of benzene rings is 1. The zero-order valence-corrected chi connectivity index (χ0v) is 14.6. The first-order valence-corrected chi connectivity index (χ1v) is 8.45. The van der Waals surface area contributed by atoms with Crippen LogP contribution in [-0.4, -0.2) is 26.9 Å². The van der Waals surface area contributed by atoms with E-state index in [1.165, 1.54) is 24.8 Å². The molecule has 2 N–H and O–H groups in total. The molecule has 0 saturated heterocycles. The Bertz CT molecular complexity index is 799. The summed E-state index contributed by atoms with van der Waals surface area (Å²) in [7, 11) is 0. The molecule has 0 fully saturated rings. The van der Waals surface area contributed by atoms with Crippen molar-refractivity contribution >= 4 is 29.1 Å². The van der Waals surface area contributed by atoms with Crippen LogP contribution in [0.3, 0.4) is 0 Å². The second-order valence-corrected chi connectivity index (χ2v) is 6.61. The summed E-state index contributed by atoms with van der Waals surface area (Å²) in [6, 6.07) is 8.15. The molecule has 1 aromatic carbocycles. The Balaban J connectivity index is 2.03. The second kappa shape index (κ2) is 7.92. The Morgan fingerprint density at radius 1 is 1.29 bits per heavy atom. The van der Waals surface area contributed by atoms with Crippen molar-refractivity contribution in [3.8, 4) is 0 Å². The average molecular weight is 345 g/mol. The van der Waals surface area contributed by atoms with Gasteiger partial charge in [-0.05, 0) is 44.5 Å². The van der Waals surface area contributed by atoms with Gasteiger partial charge in [0.05, 0.1) is 5.25 Å². The van der Waals surface area contributed by atoms with Crippen molar-refractivity contribution in [2.45, 2.75) is 37.6 Å². The number of H-pyrrole nitrogens is 1. The Hall–Kier alpha value is -2.41. The van der Waals surface area contributed by atoms with E-state index in [1.54, 1.807) is 31.2 Å². The lowest BCUT2D eigenvalue weighted by atomic mass is 10.1. The highest BCUT2D eigenvalue weighted by molar-refractivity contribution is 8.00. The number of aryl methyl sites for hydroxylation is 1. The highest BCUT2D eigenvalue weighted by atomic mass is 32.2. The van der Waals surface area contributed by atoms with E-state index in [4.69, 9.17) is 0 Å². The van der Waals surface area contributed by atoms with Gasteiger partial charge in [0.1, 0.15) is 0 Å². The topological polar surface area (TPSA) is 91.9 Å². The van der Waals surface area contributed by atoms with Crippen LogP contribution < -0.4 is 10.9 Å². The van der Waals surface area contributed by atoms with Crippen molar-refractivity contribution < 1.29 is 9.59 Å². The van der Waals surface area contributed by atoms with Crippen LogP contribution in [0.15, 0.2) is 40.3 Å². The Morgan fingerprint density at radius 2 is 1.96 bits per heavy atom. The van der Waals surface area contributed by atoms with Gasteiger partial charge in [-0.3, -0.25) is 14.4 Å². The molecule has 1 aromatic heterocycles. The molecule has 0 aliphatic heterocycles. The quantitative estimate of drug-likeness (QED) is 0.477. The number of ketones is 1. The fourth-order valence-corrected chi connectivity index (χ4v) is 2.80. The number of rotatable bonds is 6. The van der Waals surface area contributed by atoms with Crippen LogP contribution in [0.1, 0.15) is 36.8 Å². The number of amides is 1. The van der Waals surface area contributed by atoms with Crippen LogP contribution in [0.2, 0.25) is 0 Å². The first-order chi connectivity index (χ1) is 11.4. The molecule has 6 nitrogen and oxygen atoms in total. The number of Topliss-reactive ketones (excluding diaryl/α,β-unsaturated/α-hetero) is 1. The molecule has 0 aliphatic rings. The van der Waals surface area contributed by atoms with E-state index in [9.17, 15) is 14.4 Å². The summed E-state index contributed by atoms with van der Waals surface area (Å²) in [6.45, 7) is 5.14. The number of thioether (sulfide) groups is 1. The molecule has 0 saturated carbocycles. The third-order valence-electron chi connectivity index (χ3n) is 3.35. The fourth-order valence-electron chi connectivity index (χ4n) is 1.97. The van der Waals surface area contributed by atoms with E-state index in [2.05, 4.69) is 15.3 Å². The standard InChI is InChI=1S/C17H19N3O3S/c1-4-13-9-15(22)20-17(19-13)24-11(3)16(23)18-14-7-5-12(6-8-14)10(2)21/h5-9,11H,4H2,1-3H3,(H,18,23)(H,19,20,22). The number of carbonyl (C=O) groups excluding carboxylic acids is 2. The Labute approximate surface area is 144 Å². The first kappa shape index (κ1) is 17.9. The normalized spacial score (nSPS) is 11.8. The highest BCUT2D eigenvalue weighted by Gasteiger charge is 2.16. The van der Waals surface area contributed by atoms with Gasteiger partial charge < -0.3 is 10.3 Å². The molecule has 1 atom stereocenters. The summed E-state index contributed by atoms with van der Waals surface area (Å²) in [5.41, 5.74) is 1.67. The minimum absolute atomic E-state index is 0.0253. The maximum Gasteiger partial charge on any atom is 0.251 e. The summed E-state index contributed by atoms with van der Waals surface area (Å²) < 4.78 is 0. The largest absolute Gasteiger partial charge is 0.325 e. The molecule has 7 heteroatoms. The van der Waals surface area contributed by atoms with Crippen molar-refractivity contribution in [2.75, 3.05) is 5.32 Å². The van der Waals surface area contributed by atoms with E-state index in [0.29, 0.717) is 28.5 Å². The number of aromatic nitrogens is 2. The monoisotopic (exact) mass is 345 g/mol. The molecule has 0 aliphatic carbocycles. The molecule has 1 heterocycles. The predicted molar refractivity (Wildman–Crippen MR) is 94.6 cm³/mol. The molecule has 24 heavy (non-hydrogen) atoms. The number of anilines is 1. The van der Waals surface area contributed by atoms with Gasteiger partial charge in [-0.25, -0.2) is 4.98 Å². The molecule has 1 unspecified atom stereocenters. The van der Waals surface area contributed by atoms with E-state index in [-0.39, 0.29) is 17.2 Å². The third-order valence-corrected chi connectivity index (χ3v) is 4.34. The van der Waals surface area contributed by atoms with E-state index in [1.807, 2.05) is 6.92 Å². The molecule has 126 valence electrons. The van der Waals surface area contributed by atoms with Crippen LogP contribution in [0.5, 0.6) is 0 Å². The molecule has 0 spiro atoms. The highest BCUT2D eigenvalue weighted by Crippen LogP contribution is 2.20. The number of nitrogens with zero attached hydrogens (tertiary/aromatic N) is 1. The van der Waals surface area contributed by atoms with Gasteiger partial charge in [-0.15, -0.1) is 0 Å². The third kappa shape index (κ3) is 4.79. The zero-order valence-electron chi connectivity index (χ0n) is 13.8. The maximum atomic E-state index is 12.3. The van der Waals surface area contributed by atoms with Gasteiger partial charge in [-0.2, -0.15) is 0 Å². The Kier molecular flexibility index (Phi) is 5.92.